The predicted octanol–water partition coefficient (Wildman–Crippen LogP) is 4.51. The van der Waals surface area contributed by atoms with Crippen molar-refractivity contribution in [1.82, 2.24) is 19.5 Å². The van der Waals surface area contributed by atoms with Gasteiger partial charge in [-0.25, -0.2) is 15.0 Å². The highest BCUT2D eigenvalue weighted by Gasteiger charge is 2.81. The number of carboxylic acid groups (broad SMARTS) is 1. The monoisotopic (exact) mass is 1050 g/mol. The number of ether oxygens (including phenoxy) is 3. The van der Waals surface area contributed by atoms with E-state index in [0.29, 0.717) is 56.2 Å². The topological polar surface area (TPSA) is 348 Å². The second-order valence-electron chi connectivity index (χ2n) is 21.5. The number of aromatic nitrogens is 4. The van der Waals surface area contributed by atoms with Gasteiger partial charge in [-0.2, -0.15) is 0 Å². The van der Waals surface area contributed by atoms with Crippen LogP contribution in [0.4, 0.5) is 5.82 Å². The minimum atomic E-state index is -4.16. The summed E-state index contributed by atoms with van der Waals surface area (Å²) in [5.41, 5.74) is -0.304. The van der Waals surface area contributed by atoms with E-state index in [2.05, 4.69) is 28.5 Å². The van der Waals surface area contributed by atoms with Gasteiger partial charge in [0.15, 0.2) is 29.0 Å². The summed E-state index contributed by atoms with van der Waals surface area (Å²) in [4.78, 5) is 65.4. The number of allylic oxidation sites excluding steroid dienone is 2. The molecule has 3 aliphatic carbocycles. The minimum absolute atomic E-state index is 0.0650. The zero-order valence-electron chi connectivity index (χ0n) is 43.6. The van der Waals surface area contributed by atoms with Crippen LogP contribution in [-0.2, 0) is 39.7 Å². The predicted molar refractivity (Wildman–Crippen MR) is 270 cm³/mol. The number of fused-ring (bicyclic) bond motifs is 4. The first-order chi connectivity index (χ1) is 33.9. The largest absolute Gasteiger partial charge is 0.481 e. The van der Waals surface area contributed by atoms with E-state index < -0.39 is 108 Å². The van der Waals surface area contributed by atoms with Crippen LogP contribution in [0.25, 0.3) is 11.2 Å². The number of nitrogens with two attached hydrogens (primary N) is 1. The van der Waals surface area contributed by atoms with Gasteiger partial charge in [0.2, 0.25) is 0 Å². The molecule has 1 saturated heterocycles. The first-order valence-electron chi connectivity index (χ1n) is 25.2. The lowest BCUT2D eigenvalue weighted by Crippen LogP contribution is -2.86. The van der Waals surface area contributed by atoms with Gasteiger partial charge in [-0.3, -0.25) is 18.9 Å². The van der Waals surface area contributed by atoms with Crippen LogP contribution in [0.5, 0.6) is 0 Å². The number of carboxylic acids is 1. The molecule has 0 radical (unpaired) electrons. The Morgan fingerprint density at radius 2 is 1.74 bits per heavy atom. The molecule has 1 aliphatic heterocycles. The molecule has 2 aromatic heterocycles. The second kappa shape index (κ2) is 25.2. The maximum atomic E-state index is 13.6. The molecule has 73 heavy (non-hydrogen) atoms. The van der Waals surface area contributed by atoms with Gasteiger partial charge in [-0.1, -0.05) is 77.3 Å². The van der Waals surface area contributed by atoms with Gasteiger partial charge < -0.3 is 70.0 Å². The molecule has 11 N–H and O–H groups in total. The fourth-order valence-electron chi connectivity index (χ4n) is 11.7. The molecule has 3 saturated carbocycles. The number of hydrogen-bond donors (Lipinski definition) is 10. The van der Waals surface area contributed by atoms with Crippen molar-refractivity contribution >= 4 is 42.3 Å². The molecule has 14 atom stereocenters. The van der Waals surface area contributed by atoms with Crippen molar-refractivity contribution in [3.8, 4) is 0 Å². The highest BCUT2D eigenvalue weighted by Crippen LogP contribution is 2.67. The van der Waals surface area contributed by atoms with Crippen LogP contribution >= 0.6 is 7.60 Å². The fraction of sp³-hybridized carbons (Fsp3) is 0.725. The first kappa shape index (κ1) is 61.6. The molecule has 4 aliphatic rings. The molecule has 3 heterocycles. The molecule has 0 bridgehead atoms. The number of ketones is 1. The summed E-state index contributed by atoms with van der Waals surface area (Å²) < 4.78 is 29.2. The minimum Gasteiger partial charge on any atom is -0.481 e. The van der Waals surface area contributed by atoms with Crippen LogP contribution in [0.1, 0.15) is 132 Å². The van der Waals surface area contributed by atoms with Crippen LogP contribution in [0.3, 0.4) is 0 Å². The number of rotatable bonds is 19. The summed E-state index contributed by atoms with van der Waals surface area (Å²) in [7, 11) is -4.16. The number of anilines is 1. The lowest BCUT2D eigenvalue weighted by Gasteiger charge is -2.71. The van der Waals surface area contributed by atoms with Crippen molar-refractivity contribution in [3.63, 3.8) is 0 Å². The quantitative estimate of drug-likeness (QED) is 0.0400. The average Bonchev–Trinajstić information content (AvgIpc) is 3.83. The molecule has 0 aromatic carbocycles. The van der Waals surface area contributed by atoms with Crippen LogP contribution in [0, 0.1) is 28.6 Å². The molecule has 4 fully saturated rings. The molecular formula is C51H82N5O16P. The molecule has 2 aromatic rings. The normalized spacial score (nSPS) is 33.7. The summed E-state index contributed by atoms with van der Waals surface area (Å²) in [6.07, 6.45) is 12.9. The average molecular weight is 1050 g/mol. The van der Waals surface area contributed by atoms with Crippen LogP contribution in [0.15, 0.2) is 49.6 Å². The van der Waals surface area contributed by atoms with E-state index in [1.807, 2.05) is 32.1 Å². The summed E-state index contributed by atoms with van der Waals surface area (Å²) in [5, 5.41) is 73.6. The van der Waals surface area contributed by atoms with Gasteiger partial charge in [0, 0.05) is 43.4 Å². The number of imidazole rings is 1. The van der Waals surface area contributed by atoms with Crippen molar-refractivity contribution in [2.75, 3.05) is 12.1 Å². The van der Waals surface area contributed by atoms with Crippen molar-refractivity contribution in [3.05, 3.63) is 49.6 Å². The third kappa shape index (κ3) is 14.3. The highest BCUT2D eigenvalue weighted by molar-refractivity contribution is 7.51. The number of carbonyl (C=O) groups is 3. The molecule has 412 valence electrons. The van der Waals surface area contributed by atoms with E-state index >= 15 is 0 Å². The van der Waals surface area contributed by atoms with Gasteiger partial charge in [0.1, 0.15) is 23.8 Å². The van der Waals surface area contributed by atoms with E-state index in [-0.39, 0.29) is 30.5 Å². The van der Waals surface area contributed by atoms with E-state index in [0.717, 1.165) is 25.7 Å². The number of aliphatic hydroxyl groups is 6. The molecule has 21 nitrogen and oxygen atoms in total. The number of hydrogen-bond acceptors (Lipinski definition) is 17. The van der Waals surface area contributed by atoms with Crippen LogP contribution in [0.2, 0.25) is 0 Å². The van der Waals surface area contributed by atoms with Gasteiger partial charge >= 0.3 is 19.5 Å². The molecular weight excluding hydrogens is 970 g/mol. The number of Topliss-reactive ketones (excluding diaryl/α,β-unsaturated/α-hetero) is 1. The Morgan fingerprint density at radius 1 is 1.05 bits per heavy atom. The zero-order valence-corrected chi connectivity index (χ0v) is 44.5. The lowest BCUT2D eigenvalue weighted by molar-refractivity contribution is -0.370. The Bertz CT molecular complexity index is 2310. The first-order valence-corrected chi connectivity index (χ1v) is 27.0. The summed E-state index contributed by atoms with van der Waals surface area (Å²) in [5.74, 6) is -2.59. The number of nitrogen functional groups attached to an aromatic ring is 1. The Kier molecular flexibility index (Phi) is 21.3. The summed E-state index contributed by atoms with van der Waals surface area (Å²) >= 11 is 0. The summed E-state index contributed by atoms with van der Waals surface area (Å²) in [6, 6.07) is 0. The van der Waals surface area contributed by atoms with Gasteiger partial charge in [0.05, 0.1) is 55.1 Å². The van der Waals surface area contributed by atoms with Gasteiger partial charge in [-0.15, -0.1) is 6.58 Å². The summed E-state index contributed by atoms with van der Waals surface area (Å²) in [6.45, 7) is 17.8. The standard InChI is InChI=1S/C22H34O7.C20H34O5.C9H14N5O4P/c1-8-19(5)11-14(25)22(27)20(6)13(24)9-10-18(3,4)16(20)15(26)17(28-12(2)23)21(22,7)29-19;1-2-3-6-9-15(21)12-13-17-16(18(22)14-19(17)23)10-7-4-5-8-11-20(24)25;1-6(18-5-19(15,16)17)2-14-4-13-7-8(10)11-3-12-9(7)14/h8,13,15-17,24,26-27H,1,9-11H2,2-7H3;4,7,12-13,15-19,21-23H,2-3,5-6,8-11,14H2,1H3,(H,24,25);3-4,6H,2,5H2,1H3,(H2,10,11,12)(H2,15,16,17)/b;7-4-,13-12+;/t13-,15-,16-,17-,19-,20-,21+,22-;15-,16+,17+,18-,19+;6-/m001/s1. The van der Waals surface area contributed by atoms with E-state index in [4.69, 9.17) is 34.8 Å². The maximum Gasteiger partial charge on any atom is 0.350 e. The van der Waals surface area contributed by atoms with E-state index in [1.54, 1.807) is 31.4 Å². The number of nitrogens with zero attached hydrogens (tertiary/aromatic N) is 4. The Balaban J connectivity index is 0.000000243. The second-order valence-corrected chi connectivity index (χ2v) is 23.1. The number of aliphatic hydroxyl groups excluding tert-OH is 5. The van der Waals surface area contributed by atoms with Gasteiger partial charge in [-0.05, 0) is 70.6 Å². The molecule has 22 heteroatoms. The molecule has 0 spiro atoms. The van der Waals surface area contributed by atoms with E-state index in [1.165, 1.54) is 32.6 Å². The Labute approximate surface area is 428 Å². The smallest absolute Gasteiger partial charge is 0.350 e. The highest BCUT2D eigenvalue weighted by atomic mass is 31.2. The van der Waals surface area contributed by atoms with Crippen molar-refractivity contribution in [2.24, 2.45) is 28.6 Å². The van der Waals surface area contributed by atoms with Crippen molar-refractivity contribution in [1.29, 1.82) is 0 Å². The van der Waals surface area contributed by atoms with Crippen molar-refractivity contribution < 1.29 is 78.7 Å². The third-order valence-electron chi connectivity index (χ3n) is 15.3. The fourth-order valence-corrected chi connectivity index (χ4v) is 12.1. The van der Waals surface area contributed by atoms with E-state index in [9.17, 15) is 49.6 Å². The number of unbranched alkanes of at least 4 members (excludes halogenated alkanes) is 3. The Hall–Kier alpha value is -3.99. The zero-order chi connectivity index (χ0) is 54.9. The van der Waals surface area contributed by atoms with Gasteiger partial charge in [0.25, 0.3) is 0 Å². The number of aliphatic carboxylic acids is 1. The van der Waals surface area contributed by atoms with Crippen LogP contribution < -0.4 is 5.73 Å². The lowest BCUT2D eigenvalue weighted by atomic mass is 9.40. The number of carbonyl (C=O) groups excluding carboxylic acids is 2. The Morgan fingerprint density at radius 3 is 2.36 bits per heavy atom. The number of esters is 1. The molecule has 0 unspecified atom stereocenters. The molecule has 0 amide bonds. The SMILES string of the molecule is C=C[C@@]1(C)CC(=O)[C@]2(O)[C@@]3(C)[C@@H](O)CCC(C)(C)[C@@H]3[C@H](O)[C@H](OC(C)=O)[C@@]2(C)O1.CCCCC[C@H](O)/C=C/[C@@H]1[C@@H](C/C=C\CCCC(=O)O)[C@@H](O)C[C@H]1O.C[C@H](Cn1cnc2c(N)ncnc21)OCP(=O)(O)O. The van der Waals surface area contributed by atoms with Crippen LogP contribution in [-0.4, -0.2) is 149 Å². The molecule has 6 rings (SSSR count). The maximum absolute atomic E-state index is 13.6. The third-order valence-corrected chi connectivity index (χ3v) is 15.8. The van der Waals surface area contributed by atoms with Crippen molar-refractivity contribution in [2.45, 2.75) is 199 Å².